The third-order valence-corrected chi connectivity index (χ3v) is 11.5. The number of rotatable bonds is 7. The van der Waals surface area contributed by atoms with Crippen LogP contribution in [0.5, 0.6) is 0 Å². The van der Waals surface area contributed by atoms with Gasteiger partial charge in [-0.2, -0.15) is 0 Å². The van der Waals surface area contributed by atoms with Crippen molar-refractivity contribution in [3.05, 3.63) is 149 Å². The Morgan fingerprint density at radius 3 is 1.37 bits per heavy atom. The fourth-order valence-electron chi connectivity index (χ4n) is 8.44. The zero-order valence-electron chi connectivity index (χ0n) is 32.4. The summed E-state index contributed by atoms with van der Waals surface area (Å²) in [6.07, 6.45) is 0. The van der Waals surface area contributed by atoms with Crippen LogP contribution in [0.1, 0.15) is 5.56 Å². The van der Waals surface area contributed by atoms with Gasteiger partial charge in [0.2, 0.25) is 0 Å². The molecule has 0 N–H and O–H groups in total. The summed E-state index contributed by atoms with van der Waals surface area (Å²) < 4.78 is 6.07. The predicted octanol–water partition coefficient (Wildman–Crippen LogP) is 1.59. The van der Waals surface area contributed by atoms with Gasteiger partial charge in [-0.3, -0.25) is 0 Å². The van der Waals surface area contributed by atoms with Crippen molar-refractivity contribution in [1.29, 1.82) is 0 Å². The van der Waals surface area contributed by atoms with E-state index in [9.17, 15) is 0 Å². The van der Waals surface area contributed by atoms with Crippen molar-refractivity contribution in [2.24, 2.45) is 0 Å². The van der Waals surface area contributed by atoms with Gasteiger partial charge in [0.1, 0.15) is 97.5 Å². The standard InChI is InChI=1S/C47H22B11NO/c48-34-31(25-17-15-23(16-18-25)22-9-3-1-4-10-22)35(49)42(56)46(41(34)55)59(45-39(53)32(36(50)40(45)54)24-11-5-2-6-12-24)47-43(57)37(51)33(38(52)44(47)58)26-19-20-30-28(21-26)27-13-7-8-14-29(27)60-30/h1-21,45H. The largest absolute Gasteiger partial charge is 0.456 e. The molecule has 8 aromatic rings. The first kappa shape index (κ1) is 39.8. The van der Waals surface area contributed by atoms with E-state index in [2.05, 4.69) is 0 Å². The van der Waals surface area contributed by atoms with Crippen molar-refractivity contribution in [1.82, 2.24) is 0 Å². The lowest BCUT2D eigenvalue weighted by Gasteiger charge is -2.42. The SMILES string of the molecule is [B]C1=C([B])C(N(c2c([B])c([B])c(-c3ccc(-c4ccccc4)cc3)c([B])c2[B])c2c([B])c([B])c(-c3ccc4oc5ccccc5c4c3)c([B])c2[B])C([B])=C1c1ccccc1. The number of nitrogens with zero attached hydrogens (tertiary/aromatic N) is 1. The molecule has 1 heterocycles. The third-order valence-electron chi connectivity index (χ3n) is 11.5. The van der Waals surface area contributed by atoms with Gasteiger partial charge in [-0.1, -0.05) is 169 Å². The first-order valence-electron chi connectivity index (χ1n) is 19.1. The molecule has 254 valence electrons. The smallest absolute Gasteiger partial charge is 0.135 e. The van der Waals surface area contributed by atoms with E-state index in [1.165, 1.54) is 0 Å². The fourth-order valence-corrected chi connectivity index (χ4v) is 8.44. The van der Waals surface area contributed by atoms with Gasteiger partial charge in [-0.15, -0.1) is 0 Å². The monoisotopic (exact) mass is 737 g/mol. The van der Waals surface area contributed by atoms with Crippen LogP contribution < -0.4 is 48.6 Å². The molecule has 2 nitrogen and oxygen atoms in total. The first-order valence-corrected chi connectivity index (χ1v) is 19.1. The summed E-state index contributed by atoms with van der Waals surface area (Å²) in [6.45, 7) is 0. The minimum absolute atomic E-state index is 0.0395. The molecule has 9 rings (SSSR count). The summed E-state index contributed by atoms with van der Waals surface area (Å²) >= 11 is 0. The van der Waals surface area contributed by atoms with Crippen LogP contribution >= 0.6 is 0 Å². The number of hydrogen-bond donors (Lipinski definition) is 0. The Morgan fingerprint density at radius 1 is 0.367 bits per heavy atom. The second kappa shape index (κ2) is 15.4. The van der Waals surface area contributed by atoms with Gasteiger partial charge in [0.15, 0.2) is 0 Å². The molecule has 13 heteroatoms. The highest BCUT2D eigenvalue weighted by Crippen LogP contribution is 2.41. The Morgan fingerprint density at radius 2 is 0.800 bits per heavy atom. The maximum Gasteiger partial charge on any atom is 0.135 e. The van der Waals surface area contributed by atoms with Gasteiger partial charge in [0, 0.05) is 22.1 Å². The second-order valence-corrected chi connectivity index (χ2v) is 14.8. The van der Waals surface area contributed by atoms with Crippen LogP contribution in [-0.4, -0.2) is 92.4 Å². The number of hydrogen-bond acceptors (Lipinski definition) is 2. The van der Waals surface area contributed by atoms with Gasteiger partial charge in [0.05, 0.1) is 6.04 Å². The summed E-state index contributed by atoms with van der Waals surface area (Å²) in [5.41, 5.74) is 8.53. The van der Waals surface area contributed by atoms with Crippen molar-refractivity contribution >= 4 is 169 Å². The predicted molar refractivity (Wildman–Crippen MR) is 263 cm³/mol. The van der Waals surface area contributed by atoms with Crippen LogP contribution in [0.25, 0.3) is 60.9 Å². The van der Waals surface area contributed by atoms with Gasteiger partial charge < -0.3 is 9.32 Å². The molecule has 0 saturated carbocycles. The molecule has 0 saturated heterocycles. The highest BCUT2D eigenvalue weighted by molar-refractivity contribution is 6.65. The molecule has 1 unspecified atom stereocenters. The minimum Gasteiger partial charge on any atom is -0.456 e. The van der Waals surface area contributed by atoms with E-state index in [0.717, 1.165) is 33.0 Å². The Balaban J connectivity index is 1.27. The number of allylic oxidation sites excluding steroid dienone is 2. The molecule has 1 aliphatic rings. The summed E-state index contributed by atoms with van der Waals surface area (Å²) in [4.78, 5) is 1.60. The topological polar surface area (TPSA) is 16.4 Å². The van der Waals surface area contributed by atoms with Crippen molar-refractivity contribution in [2.75, 3.05) is 4.90 Å². The molecule has 0 amide bonds. The van der Waals surface area contributed by atoms with Crippen molar-refractivity contribution in [2.45, 2.75) is 6.04 Å². The molecule has 0 aliphatic heterocycles. The van der Waals surface area contributed by atoms with E-state index in [4.69, 9.17) is 90.7 Å². The maximum atomic E-state index is 7.10. The summed E-state index contributed by atoms with van der Waals surface area (Å²) in [7, 11) is 77.1. The van der Waals surface area contributed by atoms with Crippen LogP contribution in [0.4, 0.5) is 11.4 Å². The summed E-state index contributed by atoms with van der Waals surface area (Å²) in [5.74, 6) is 0. The van der Waals surface area contributed by atoms with Crippen LogP contribution in [0, 0.1) is 0 Å². The summed E-state index contributed by atoms with van der Waals surface area (Å²) in [6, 6.07) is 39.4. The Labute approximate surface area is 365 Å². The fraction of sp³-hybridized carbons (Fsp3) is 0.0213. The molecule has 0 spiro atoms. The van der Waals surface area contributed by atoms with Crippen LogP contribution in [0.2, 0.25) is 0 Å². The zero-order chi connectivity index (χ0) is 42.1. The minimum atomic E-state index is -1.07. The molecule has 0 bridgehead atoms. The van der Waals surface area contributed by atoms with Crippen LogP contribution in [-0.2, 0) is 0 Å². The third kappa shape index (κ3) is 6.27. The molecule has 1 aromatic heterocycles. The quantitative estimate of drug-likeness (QED) is 0.232. The molecular formula is C47H22B11NO. The van der Waals surface area contributed by atoms with E-state index in [1.54, 1.807) is 4.90 Å². The molecule has 22 radical (unpaired) electrons. The second-order valence-electron chi connectivity index (χ2n) is 14.8. The first-order chi connectivity index (χ1) is 28.9. The van der Waals surface area contributed by atoms with Crippen molar-refractivity contribution in [3.8, 4) is 33.4 Å². The Kier molecular flexibility index (Phi) is 10.2. The normalized spacial score (nSPS) is 14.1. The van der Waals surface area contributed by atoms with Crippen molar-refractivity contribution in [3.63, 3.8) is 0 Å². The maximum absolute atomic E-state index is 7.10. The zero-order valence-corrected chi connectivity index (χ0v) is 32.4. The van der Waals surface area contributed by atoms with Gasteiger partial charge >= 0.3 is 0 Å². The van der Waals surface area contributed by atoms with Crippen LogP contribution in [0.15, 0.2) is 148 Å². The van der Waals surface area contributed by atoms with E-state index in [-0.39, 0.29) is 71.5 Å². The average Bonchev–Trinajstić information content (AvgIpc) is 3.74. The molecule has 1 aliphatic carbocycles. The number of anilines is 2. The Bertz CT molecular complexity index is 3050. The van der Waals surface area contributed by atoms with Crippen molar-refractivity contribution < 1.29 is 4.42 Å². The lowest BCUT2D eigenvalue weighted by molar-refractivity contribution is 0.669. The highest BCUT2D eigenvalue weighted by Gasteiger charge is 2.35. The highest BCUT2D eigenvalue weighted by atomic mass is 16.3. The number of furan rings is 1. The lowest BCUT2D eigenvalue weighted by Crippen LogP contribution is -2.54. The van der Waals surface area contributed by atoms with E-state index in [0.29, 0.717) is 33.4 Å². The average molecular weight is 736 g/mol. The number of para-hydroxylation sites is 1. The summed E-state index contributed by atoms with van der Waals surface area (Å²) in [5, 5.41) is 1.78. The number of benzene rings is 7. The number of fused-ring (bicyclic) bond motifs is 3. The van der Waals surface area contributed by atoms with Crippen LogP contribution in [0.3, 0.4) is 0 Å². The van der Waals surface area contributed by atoms with E-state index < -0.39 is 6.04 Å². The molecule has 0 fully saturated rings. The molecule has 7 aromatic carbocycles. The molecular weight excluding hydrogens is 713 g/mol. The van der Waals surface area contributed by atoms with E-state index >= 15 is 0 Å². The Hall–Kier alpha value is -5.67. The van der Waals surface area contributed by atoms with Gasteiger partial charge in [0.25, 0.3) is 0 Å². The van der Waals surface area contributed by atoms with E-state index in [1.807, 2.05) is 127 Å². The van der Waals surface area contributed by atoms with Gasteiger partial charge in [-0.25, -0.2) is 0 Å². The van der Waals surface area contributed by atoms with Gasteiger partial charge in [-0.05, 0) is 62.7 Å². The molecule has 60 heavy (non-hydrogen) atoms. The molecule has 1 atom stereocenters. The lowest BCUT2D eigenvalue weighted by atomic mass is 9.62.